The third-order valence-corrected chi connectivity index (χ3v) is 4.34. The number of benzene rings is 1. The molecule has 1 saturated heterocycles. The van der Waals surface area contributed by atoms with Gasteiger partial charge in [0.25, 0.3) is 0 Å². The summed E-state index contributed by atoms with van der Waals surface area (Å²) >= 11 is 0. The van der Waals surface area contributed by atoms with Gasteiger partial charge >= 0.3 is 0 Å². The lowest BCUT2D eigenvalue weighted by Crippen LogP contribution is -2.40. The first-order valence-electron chi connectivity index (χ1n) is 8.20. The minimum Gasteiger partial charge on any atom is -0.370 e. The van der Waals surface area contributed by atoms with Crippen molar-refractivity contribution in [3.05, 3.63) is 54.5 Å². The van der Waals surface area contributed by atoms with Gasteiger partial charge in [-0.1, -0.05) is 36.8 Å². The first-order valence-corrected chi connectivity index (χ1v) is 8.20. The van der Waals surface area contributed by atoms with Gasteiger partial charge in [-0.2, -0.15) is 0 Å². The maximum Gasteiger partial charge on any atom is 0.129 e. The number of piperidine rings is 1. The highest BCUT2D eigenvalue weighted by Crippen LogP contribution is 2.22. The lowest BCUT2D eigenvalue weighted by molar-refractivity contribution is 0.135. The zero-order valence-corrected chi connectivity index (χ0v) is 13.0. The van der Waals surface area contributed by atoms with Crippen LogP contribution in [0.15, 0.2) is 48.9 Å². The lowest BCUT2D eigenvalue weighted by Gasteiger charge is -2.36. The molecule has 2 aromatic rings. The molecule has 4 heteroatoms. The van der Waals surface area contributed by atoms with E-state index in [1.807, 2.05) is 6.07 Å². The Morgan fingerprint density at radius 2 is 2.05 bits per heavy atom. The average Bonchev–Trinajstić information content (AvgIpc) is 2.58. The van der Waals surface area contributed by atoms with E-state index in [0.29, 0.717) is 6.04 Å². The van der Waals surface area contributed by atoms with E-state index >= 15 is 0 Å². The molecule has 1 fully saturated rings. The number of rotatable bonds is 6. The Hall–Kier alpha value is -1.94. The minimum atomic E-state index is 0.670. The van der Waals surface area contributed by atoms with Gasteiger partial charge in [0.1, 0.15) is 12.1 Å². The SMILES string of the molecule is c1ccc(CN2CCCC[C@@H]2CCNc2ccncn2)cc1. The van der Waals surface area contributed by atoms with E-state index in [9.17, 15) is 0 Å². The quantitative estimate of drug-likeness (QED) is 0.887. The Bertz CT molecular complexity index is 544. The van der Waals surface area contributed by atoms with E-state index in [0.717, 1.165) is 25.3 Å². The molecule has 4 nitrogen and oxygen atoms in total. The van der Waals surface area contributed by atoms with Gasteiger partial charge < -0.3 is 5.32 Å². The van der Waals surface area contributed by atoms with Gasteiger partial charge in [0.05, 0.1) is 0 Å². The molecule has 0 bridgehead atoms. The molecule has 1 atom stereocenters. The van der Waals surface area contributed by atoms with Crippen molar-refractivity contribution in [2.45, 2.75) is 38.3 Å². The van der Waals surface area contributed by atoms with E-state index < -0.39 is 0 Å². The Kier molecular flexibility index (Phi) is 5.37. The van der Waals surface area contributed by atoms with Crippen LogP contribution in [0.2, 0.25) is 0 Å². The lowest BCUT2D eigenvalue weighted by atomic mass is 9.98. The molecule has 1 aromatic heterocycles. The molecule has 2 heterocycles. The Balaban J connectivity index is 1.51. The smallest absolute Gasteiger partial charge is 0.129 e. The van der Waals surface area contributed by atoms with Gasteiger partial charge in [0.2, 0.25) is 0 Å². The fraction of sp³-hybridized carbons (Fsp3) is 0.444. The zero-order chi connectivity index (χ0) is 15.0. The molecule has 0 aliphatic carbocycles. The maximum absolute atomic E-state index is 4.21. The molecule has 0 spiro atoms. The number of likely N-dealkylation sites (tertiary alicyclic amines) is 1. The fourth-order valence-corrected chi connectivity index (χ4v) is 3.18. The van der Waals surface area contributed by atoms with Crippen LogP contribution >= 0.6 is 0 Å². The van der Waals surface area contributed by atoms with Crippen molar-refractivity contribution in [3.63, 3.8) is 0 Å². The second-order valence-corrected chi connectivity index (χ2v) is 5.92. The highest BCUT2D eigenvalue weighted by Gasteiger charge is 2.21. The van der Waals surface area contributed by atoms with Crippen LogP contribution in [0.1, 0.15) is 31.2 Å². The summed E-state index contributed by atoms with van der Waals surface area (Å²) in [5.41, 5.74) is 1.41. The van der Waals surface area contributed by atoms with Gasteiger partial charge in [-0.3, -0.25) is 4.90 Å². The normalized spacial score (nSPS) is 19.0. The summed E-state index contributed by atoms with van der Waals surface area (Å²) in [5.74, 6) is 0.917. The van der Waals surface area contributed by atoms with E-state index in [1.165, 1.54) is 31.4 Å². The largest absolute Gasteiger partial charge is 0.370 e. The molecule has 3 rings (SSSR count). The monoisotopic (exact) mass is 296 g/mol. The molecule has 1 N–H and O–H groups in total. The summed E-state index contributed by atoms with van der Waals surface area (Å²) in [6.45, 7) is 3.25. The molecule has 1 aliphatic heterocycles. The summed E-state index contributed by atoms with van der Waals surface area (Å²) in [4.78, 5) is 10.8. The second kappa shape index (κ2) is 7.90. The number of nitrogens with zero attached hydrogens (tertiary/aromatic N) is 3. The number of hydrogen-bond acceptors (Lipinski definition) is 4. The summed E-state index contributed by atoms with van der Waals surface area (Å²) in [6.07, 6.45) is 8.50. The number of aromatic nitrogens is 2. The van der Waals surface area contributed by atoms with E-state index in [1.54, 1.807) is 12.5 Å². The topological polar surface area (TPSA) is 41.0 Å². The number of nitrogens with one attached hydrogen (secondary N) is 1. The standard InChI is InChI=1S/C18H24N4/c1-2-6-16(7-3-1)14-22-13-5-4-8-17(22)9-12-20-18-10-11-19-15-21-18/h1-3,6-7,10-11,15,17H,4-5,8-9,12-14H2,(H,19,20,21)/t17-/m1/s1. The molecule has 1 aliphatic rings. The van der Waals surface area contributed by atoms with Crippen molar-refractivity contribution in [1.29, 1.82) is 0 Å². The summed E-state index contributed by atoms with van der Waals surface area (Å²) in [7, 11) is 0. The van der Waals surface area contributed by atoms with Crippen LogP contribution in [0.3, 0.4) is 0 Å². The van der Waals surface area contributed by atoms with Gasteiger partial charge in [0, 0.05) is 25.3 Å². The van der Waals surface area contributed by atoms with Crippen LogP contribution in [0.4, 0.5) is 5.82 Å². The maximum atomic E-state index is 4.21. The van der Waals surface area contributed by atoms with Crippen molar-refractivity contribution in [3.8, 4) is 0 Å². The van der Waals surface area contributed by atoms with Gasteiger partial charge in [-0.25, -0.2) is 9.97 Å². The molecule has 0 radical (unpaired) electrons. The molecule has 0 saturated carbocycles. The summed E-state index contributed by atoms with van der Waals surface area (Å²) < 4.78 is 0. The van der Waals surface area contributed by atoms with Crippen molar-refractivity contribution in [1.82, 2.24) is 14.9 Å². The Labute approximate surface area is 132 Å². The zero-order valence-electron chi connectivity index (χ0n) is 13.0. The highest BCUT2D eigenvalue weighted by molar-refractivity contribution is 5.31. The van der Waals surface area contributed by atoms with Crippen LogP contribution in [0, 0.1) is 0 Å². The summed E-state index contributed by atoms with van der Waals surface area (Å²) in [5, 5.41) is 3.40. The van der Waals surface area contributed by atoms with E-state index in [-0.39, 0.29) is 0 Å². The van der Waals surface area contributed by atoms with Crippen molar-refractivity contribution < 1.29 is 0 Å². The molecule has 22 heavy (non-hydrogen) atoms. The Morgan fingerprint density at radius 1 is 1.14 bits per heavy atom. The van der Waals surface area contributed by atoms with Crippen LogP contribution in [0.25, 0.3) is 0 Å². The second-order valence-electron chi connectivity index (χ2n) is 5.92. The van der Waals surface area contributed by atoms with Gasteiger partial charge in [-0.15, -0.1) is 0 Å². The third kappa shape index (κ3) is 4.28. The van der Waals surface area contributed by atoms with Gasteiger partial charge in [-0.05, 0) is 37.4 Å². The summed E-state index contributed by atoms with van der Waals surface area (Å²) in [6, 6.07) is 13.4. The van der Waals surface area contributed by atoms with Crippen molar-refractivity contribution >= 4 is 5.82 Å². The fourth-order valence-electron chi connectivity index (χ4n) is 3.18. The highest BCUT2D eigenvalue weighted by atomic mass is 15.2. The predicted molar refractivity (Wildman–Crippen MR) is 89.6 cm³/mol. The van der Waals surface area contributed by atoms with Crippen LogP contribution in [-0.4, -0.2) is 34.0 Å². The van der Waals surface area contributed by atoms with Crippen LogP contribution < -0.4 is 5.32 Å². The van der Waals surface area contributed by atoms with Gasteiger partial charge in [0.15, 0.2) is 0 Å². The first-order chi connectivity index (χ1) is 10.9. The molecular weight excluding hydrogens is 272 g/mol. The van der Waals surface area contributed by atoms with E-state index in [2.05, 4.69) is 50.5 Å². The van der Waals surface area contributed by atoms with Crippen LogP contribution in [0.5, 0.6) is 0 Å². The predicted octanol–water partition coefficient (Wildman–Crippen LogP) is 3.33. The number of anilines is 1. The van der Waals surface area contributed by atoms with Crippen LogP contribution in [-0.2, 0) is 6.54 Å². The molecule has 0 unspecified atom stereocenters. The minimum absolute atomic E-state index is 0.670. The average molecular weight is 296 g/mol. The van der Waals surface area contributed by atoms with E-state index in [4.69, 9.17) is 0 Å². The van der Waals surface area contributed by atoms with Crippen molar-refractivity contribution in [2.75, 3.05) is 18.4 Å². The number of hydrogen-bond donors (Lipinski definition) is 1. The molecule has 116 valence electrons. The molecule has 1 aromatic carbocycles. The molecule has 0 amide bonds. The third-order valence-electron chi connectivity index (χ3n) is 4.34. The first kappa shape index (κ1) is 15.0. The van der Waals surface area contributed by atoms with Crippen molar-refractivity contribution in [2.24, 2.45) is 0 Å². The molecular formula is C18H24N4. The Morgan fingerprint density at radius 3 is 2.86 bits per heavy atom.